The van der Waals surface area contributed by atoms with Crippen molar-refractivity contribution in [1.29, 1.82) is 0 Å². The second-order valence-electron chi connectivity index (χ2n) is 8.02. The number of carbonyl (C=O) groups excluding carboxylic acids is 3. The number of hydrogen-bond acceptors (Lipinski definition) is 6. The van der Waals surface area contributed by atoms with E-state index in [9.17, 15) is 24.3 Å². The van der Waals surface area contributed by atoms with Crippen molar-refractivity contribution in [3.8, 4) is 5.75 Å². The number of ether oxygens (including phenoxy) is 1. The van der Waals surface area contributed by atoms with Gasteiger partial charge in [0.15, 0.2) is 0 Å². The van der Waals surface area contributed by atoms with Gasteiger partial charge in [0.25, 0.3) is 0 Å². The molecule has 1 aromatic carbocycles. The largest absolute Gasteiger partial charge is 0.497 e. The molecule has 1 aromatic heterocycles. The Morgan fingerprint density at radius 3 is 2.37 bits per heavy atom. The Hall–Kier alpha value is -3.89. The maximum absolute atomic E-state index is 12.0. The van der Waals surface area contributed by atoms with Crippen LogP contribution in [0.25, 0.3) is 0 Å². The lowest BCUT2D eigenvalue weighted by Crippen LogP contribution is -2.42. The number of carboxylic acids is 1. The zero-order chi connectivity index (χ0) is 25.5. The summed E-state index contributed by atoms with van der Waals surface area (Å²) in [6, 6.07) is 6.20. The van der Waals surface area contributed by atoms with Gasteiger partial charge in [0.1, 0.15) is 11.8 Å². The van der Waals surface area contributed by atoms with Crippen molar-refractivity contribution >= 4 is 23.7 Å². The number of nitrogens with zero attached hydrogens (tertiary/aromatic N) is 1. The van der Waals surface area contributed by atoms with Gasteiger partial charge in [-0.15, -0.1) is 0 Å². The molecule has 1 atom stereocenters. The van der Waals surface area contributed by atoms with Crippen molar-refractivity contribution in [2.45, 2.75) is 51.0 Å². The van der Waals surface area contributed by atoms with Crippen molar-refractivity contribution in [3.63, 3.8) is 0 Å². The van der Waals surface area contributed by atoms with Crippen LogP contribution in [0.5, 0.6) is 5.75 Å². The number of methoxy groups -OCH3 is 1. The van der Waals surface area contributed by atoms with Gasteiger partial charge in [-0.05, 0) is 30.5 Å². The van der Waals surface area contributed by atoms with Crippen LogP contribution in [0.4, 0.5) is 0 Å². The maximum Gasteiger partial charge on any atom is 0.326 e. The van der Waals surface area contributed by atoms with Crippen molar-refractivity contribution in [2.75, 3.05) is 20.2 Å². The standard InChI is InChI=1S/C24H33N5O6/c1-35-19-8-6-17(7-9-19)13-23(32)27-12-10-21(30)26-11-4-2-3-5-22(31)29-20(24(33)34)14-18-15-25-16-28-18/h6-9,15-16,20H,2-5,10-14H2,1H3,(H,25,28)(H,26,30)(H,27,32)(H,29,31)(H,33,34)/t20-/m0/s1. The third-order valence-corrected chi connectivity index (χ3v) is 5.21. The maximum atomic E-state index is 12.0. The molecule has 0 spiro atoms. The monoisotopic (exact) mass is 487 g/mol. The number of unbranched alkanes of at least 4 members (excludes halogenated alkanes) is 2. The predicted molar refractivity (Wildman–Crippen MR) is 128 cm³/mol. The van der Waals surface area contributed by atoms with E-state index in [-0.39, 0.29) is 49.9 Å². The highest BCUT2D eigenvalue weighted by atomic mass is 16.5. The van der Waals surface area contributed by atoms with E-state index in [4.69, 9.17) is 4.74 Å². The number of carbonyl (C=O) groups is 4. The molecule has 0 bridgehead atoms. The first-order chi connectivity index (χ1) is 16.9. The topological polar surface area (TPSA) is 163 Å². The van der Waals surface area contributed by atoms with Crippen LogP contribution in [0.3, 0.4) is 0 Å². The minimum atomic E-state index is -1.10. The number of rotatable bonds is 16. The summed E-state index contributed by atoms with van der Waals surface area (Å²) in [7, 11) is 1.58. The average molecular weight is 488 g/mol. The molecule has 2 rings (SSSR count). The van der Waals surface area contributed by atoms with Gasteiger partial charge in [0.05, 0.1) is 19.9 Å². The highest BCUT2D eigenvalue weighted by Gasteiger charge is 2.20. The van der Waals surface area contributed by atoms with Crippen LogP contribution < -0.4 is 20.7 Å². The van der Waals surface area contributed by atoms with E-state index in [0.717, 1.165) is 11.3 Å². The highest BCUT2D eigenvalue weighted by molar-refractivity contribution is 5.83. The molecule has 0 aliphatic carbocycles. The van der Waals surface area contributed by atoms with Gasteiger partial charge in [0, 0.05) is 44.2 Å². The lowest BCUT2D eigenvalue weighted by molar-refractivity contribution is -0.141. The lowest BCUT2D eigenvalue weighted by Gasteiger charge is -2.13. The minimum Gasteiger partial charge on any atom is -0.497 e. The summed E-state index contributed by atoms with van der Waals surface area (Å²) >= 11 is 0. The van der Waals surface area contributed by atoms with Crippen LogP contribution in [0.1, 0.15) is 43.4 Å². The zero-order valence-corrected chi connectivity index (χ0v) is 19.8. The summed E-state index contributed by atoms with van der Waals surface area (Å²) in [5.74, 6) is -1.02. The Labute approximate surface area is 204 Å². The third-order valence-electron chi connectivity index (χ3n) is 5.21. The molecule has 0 unspecified atom stereocenters. The summed E-state index contributed by atoms with van der Waals surface area (Å²) in [5.41, 5.74) is 1.49. The Bertz CT molecular complexity index is 946. The first kappa shape index (κ1) is 27.4. The molecular formula is C24H33N5O6. The predicted octanol–water partition coefficient (Wildman–Crippen LogP) is 0.956. The van der Waals surface area contributed by atoms with Gasteiger partial charge in [0.2, 0.25) is 17.7 Å². The SMILES string of the molecule is COc1ccc(CC(=O)NCCC(=O)NCCCCCC(=O)N[C@@H](Cc2cnc[nH]2)C(=O)O)cc1. The fourth-order valence-corrected chi connectivity index (χ4v) is 3.29. The van der Waals surface area contributed by atoms with E-state index in [2.05, 4.69) is 25.9 Å². The lowest BCUT2D eigenvalue weighted by atomic mass is 10.1. The molecule has 11 nitrogen and oxygen atoms in total. The van der Waals surface area contributed by atoms with E-state index >= 15 is 0 Å². The number of amides is 3. The second kappa shape index (κ2) is 15.1. The van der Waals surface area contributed by atoms with E-state index < -0.39 is 12.0 Å². The summed E-state index contributed by atoms with van der Waals surface area (Å²) in [6.45, 7) is 0.724. The number of aromatic nitrogens is 2. The van der Waals surface area contributed by atoms with Crippen LogP contribution >= 0.6 is 0 Å². The Morgan fingerprint density at radius 1 is 0.971 bits per heavy atom. The van der Waals surface area contributed by atoms with E-state index in [1.807, 2.05) is 12.1 Å². The molecule has 0 fully saturated rings. The van der Waals surface area contributed by atoms with Crippen LogP contribution in [0.15, 0.2) is 36.8 Å². The molecule has 0 radical (unpaired) electrons. The smallest absolute Gasteiger partial charge is 0.326 e. The fourth-order valence-electron chi connectivity index (χ4n) is 3.29. The number of aromatic amines is 1. The van der Waals surface area contributed by atoms with Crippen molar-refractivity contribution < 1.29 is 29.0 Å². The number of aliphatic carboxylic acids is 1. The van der Waals surface area contributed by atoms with Crippen LogP contribution in [0.2, 0.25) is 0 Å². The van der Waals surface area contributed by atoms with Gasteiger partial charge in [-0.1, -0.05) is 18.6 Å². The molecule has 0 aliphatic heterocycles. The quantitative estimate of drug-likeness (QED) is 0.220. The second-order valence-corrected chi connectivity index (χ2v) is 8.02. The van der Waals surface area contributed by atoms with Gasteiger partial charge >= 0.3 is 5.97 Å². The van der Waals surface area contributed by atoms with Crippen molar-refractivity contribution in [2.24, 2.45) is 0 Å². The average Bonchev–Trinajstić information content (AvgIpc) is 3.34. The fraction of sp³-hybridized carbons (Fsp3) is 0.458. The van der Waals surface area contributed by atoms with Crippen LogP contribution in [-0.2, 0) is 32.0 Å². The van der Waals surface area contributed by atoms with Gasteiger partial charge < -0.3 is 30.8 Å². The molecule has 35 heavy (non-hydrogen) atoms. The molecule has 2 aromatic rings. The number of benzene rings is 1. The zero-order valence-electron chi connectivity index (χ0n) is 19.8. The molecule has 0 aliphatic rings. The highest BCUT2D eigenvalue weighted by Crippen LogP contribution is 2.11. The molecule has 3 amide bonds. The first-order valence-electron chi connectivity index (χ1n) is 11.5. The van der Waals surface area contributed by atoms with Gasteiger partial charge in [-0.2, -0.15) is 0 Å². The Morgan fingerprint density at radius 2 is 1.71 bits per heavy atom. The molecule has 0 saturated carbocycles. The van der Waals surface area contributed by atoms with Crippen LogP contribution in [-0.4, -0.2) is 65.0 Å². The Kier molecular flexibility index (Phi) is 11.8. The molecule has 5 N–H and O–H groups in total. The number of nitrogens with one attached hydrogen (secondary N) is 4. The van der Waals surface area contributed by atoms with E-state index in [1.54, 1.807) is 19.2 Å². The van der Waals surface area contributed by atoms with Gasteiger partial charge in [-0.25, -0.2) is 9.78 Å². The summed E-state index contributed by atoms with van der Waals surface area (Å²) in [6.07, 6.45) is 5.72. The number of imidazole rings is 1. The summed E-state index contributed by atoms with van der Waals surface area (Å²) < 4.78 is 5.08. The first-order valence-corrected chi connectivity index (χ1v) is 11.5. The van der Waals surface area contributed by atoms with Gasteiger partial charge in [-0.3, -0.25) is 14.4 Å². The van der Waals surface area contributed by atoms with Crippen LogP contribution in [0, 0.1) is 0 Å². The molecule has 0 saturated heterocycles. The minimum absolute atomic E-state index is 0.134. The van der Waals surface area contributed by atoms with E-state index in [0.29, 0.717) is 31.5 Å². The number of H-pyrrole nitrogens is 1. The van der Waals surface area contributed by atoms with E-state index in [1.165, 1.54) is 12.5 Å². The van der Waals surface area contributed by atoms with Crippen molar-refractivity contribution in [1.82, 2.24) is 25.9 Å². The molecule has 1 heterocycles. The number of hydrogen-bond donors (Lipinski definition) is 5. The normalized spacial score (nSPS) is 11.3. The molecule has 11 heteroatoms. The van der Waals surface area contributed by atoms with Crippen molar-refractivity contribution in [3.05, 3.63) is 48.0 Å². The molecule has 190 valence electrons. The summed E-state index contributed by atoms with van der Waals surface area (Å²) in [4.78, 5) is 53.9. The summed E-state index contributed by atoms with van der Waals surface area (Å²) in [5, 5.41) is 17.3. The molecular weight excluding hydrogens is 454 g/mol. The third kappa shape index (κ3) is 11.2. The number of carboxylic acid groups (broad SMARTS) is 1. The Balaban J connectivity index is 1.50.